The molecule has 6 aliphatic heterocycles. The highest BCUT2D eigenvalue weighted by Gasteiger charge is 2.54. The van der Waals surface area contributed by atoms with Gasteiger partial charge in [-0.25, -0.2) is 28.1 Å². The molecule has 7 fully saturated rings. The number of piperazine rings is 1. The van der Waals surface area contributed by atoms with Crippen LogP contribution in [-0.4, -0.2) is 203 Å². The van der Waals surface area contributed by atoms with E-state index in [9.17, 15) is 38.3 Å². The number of rotatable bonds is 24. The maximum atomic E-state index is 15.8. The van der Waals surface area contributed by atoms with E-state index in [1.54, 1.807) is 37.2 Å². The SMILES string of the molecule is Cc1ncsc1-c1ccc(CNC(=O)[C@@H]2C[C@@H](O)CN2C(=O)[C@@H](NC(=O)C2(F)CC2)C(C)(C)C)c(OCC(=O)NCCN2C[C@@H]3CN(CC(=O)NCc4cccc(CNc5cc(N6CCC7(CC6)CN(c6cc(F)c(CN8CCC(C)(C)CC8)cc6F)CC(=O)N7)ncn5)c4)C[C@@H]3C2)c1. The number of nitrogens with one attached hydrogen (secondary N) is 6. The van der Waals surface area contributed by atoms with Crippen LogP contribution in [0, 0.1) is 41.2 Å². The van der Waals surface area contributed by atoms with E-state index >= 15 is 8.78 Å². The normalized spacial score (nSPS) is 22.4. The van der Waals surface area contributed by atoms with Crippen LogP contribution >= 0.6 is 11.3 Å². The standard InChI is InChI=1S/C72H94F3N15O8S/c1-45-64(99-44-82-45)48-10-11-49(32-79-66(95)57-27-53(91)38-90(57)67(96)65(69(2,3)4)83-68(97)72(75)12-13-72)58(26-48)98-41-63(94)76-18-23-86-34-51-36-87(37-52(51)35-86)39-61(92)78-31-47-9-7-8-46(24-47)30-77-59-29-60(81-43-80-59)88-21-16-71(17-22-88)42-89(40-62(93)84-71)56-28-54(73)50(25-55(56)74)33-85-19-14-70(5,6)15-20-85/h7-11,24-26,28-29,43-44,51-53,57,65,91H,12-23,27,30-42H2,1-6H3,(H,76,94)(H,78,92)(H,79,95)(H,83,97)(H,84,93)(H,77,80,81)/t51-,52+,53-,57+,65-/m1/s1. The first-order chi connectivity index (χ1) is 47.2. The molecule has 2 aromatic heterocycles. The highest BCUT2D eigenvalue weighted by Crippen LogP contribution is 2.41. The molecule has 0 unspecified atom stereocenters. The number of hydrogen-bond acceptors (Lipinski definition) is 18. The number of halogens is 3. The first-order valence-corrected chi connectivity index (χ1v) is 35.7. The first kappa shape index (κ1) is 70.9. The van der Waals surface area contributed by atoms with Gasteiger partial charge in [-0.3, -0.25) is 38.6 Å². The molecule has 532 valence electrons. The van der Waals surface area contributed by atoms with Crippen molar-refractivity contribution in [2.75, 3.05) is 113 Å². The van der Waals surface area contributed by atoms with Crippen molar-refractivity contribution < 1.29 is 51.8 Å². The Morgan fingerprint density at radius 3 is 2.21 bits per heavy atom. The summed E-state index contributed by atoms with van der Waals surface area (Å²) in [5.74, 6) is -0.965. The molecule has 6 saturated heterocycles. The minimum absolute atomic E-state index is 0.0241. The van der Waals surface area contributed by atoms with E-state index in [-0.39, 0.29) is 74.3 Å². The summed E-state index contributed by atoms with van der Waals surface area (Å²) in [6, 6.07) is 15.8. The number of aromatic nitrogens is 3. The molecule has 5 atom stereocenters. The Morgan fingerprint density at radius 1 is 0.778 bits per heavy atom. The predicted molar refractivity (Wildman–Crippen MR) is 370 cm³/mol. The molecular formula is C72H94F3N15O8S. The molecule has 7 N–H and O–H groups in total. The molecule has 23 nitrogen and oxygen atoms in total. The van der Waals surface area contributed by atoms with E-state index in [2.05, 4.69) is 86.4 Å². The van der Waals surface area contributed by atoms with E-state index < -0.39 is 64.2 Å². The Bertz CT molecular complexity index is 3780. The van der Waals surface area contributed by atoms with Crippen molar-refractivity contribution in [3.05, 3.63) is 112 Å². The molecule has 3 aromatic carbocycles. The van der Waals surface area contributed by atoms with E-state index in [0.29, 0.717) is 106 Å². The number of ether oxygens (including phenoxy) is 1. The second kappa shape index (κ2) is 29.7. The van der Waals surface area contributed by atoms with Crippen molar-refractivity contribution >= 4 is 64.1 Å². The van der Waals surface area contributed by atoms with Gasteiger partial charge in [0.15, 0.2) is 12.3 Å². The number of piperidine rings is 2. The Balaban J connectivity index is 0.551. The summed E-state index contributed by atoms with van der Waals surface area (Å²) >= 11 is 1.46. The molecule has 5 aromatic rings. The number of benzene rings is 3. The molecular weight excluding hydrogens is 1290 g/mol. The number of hydrogen-bond donors (Lipinski definition) is 7. The Kier molecular flexibility index (Phi) is 21.2. The van der Waals surface area contributed by atoms with Crippen LogP contribution < -0.4 is 46.4 Å². The Labute approximate surface area is 580 Å². The van der Waals surface area contributed by atoms with Crippen LogP contribution in [0.5, 0.6) is 5.75 Å². The first-order valence-electron chi connectivity index (χ1n) is 34.8. The summed E-state index contributed by atoms with van der Waals surface area (Å²) in [6.07, 6.45) is 3.87. The summed E-state index contributed by atoms with van der Waals surface area (Å²) in [5.41, 5.74) is 3.20. The minimum atomic E-state index is -2.01. The molecule has 99 heavy (non-hydrogen) atoms. The quantitative estimate of drug-likeness (QED) is 0.0392. The van der Waals surface area contributed by atoms with E-state index in [0.717, 1.165) is 85.2 Å². The third-order valence-corrected chi connectivity index (χ3v) is 21.9. The van der Waals surface area contributed by atoms with Crippen LogP contribution in [0.1, 0.15) is 108 Å². The molecule has 1 aliphatic carbocycles. The summed E-state index contributed by atoms with van der Waals surface area (Å²) in [4.78, 5) is 107. The molecule has 8 heterocycles. The molecule has 7 aliphatic rings. The lowest BCUT2D eigenvalue weighted by Gasteiger charge is -2.48. The Morgan fingerprint density at radius 2 is 1.51 bits per heavy atom. The summed E-state index contributed by atoms with van der Waals surface area (Å²) < 4.78 is 52.3. The number of carbonyl (C=O) groups is 6. The second-order valence-electron chi connectivity index (χ2n) is 30.3. The van der Waals surface area contributed by atoms with Crippen molar-refractivity contribution in [2.45, 2.75) is 142 Å². The van der Waals surface area contributed by atoms with Crippen LogP contribution in [0.4, 0.5) is 30.5 Å². The molecule has 1 spiro atoms. The maximum absolute atomic E-state index is 15.8. The third kappa shape index (κ3) is 17.4. The highest BCUT2D eigenvalue weighted by molar-refractivity contribution is 7.13. The van der Waals surface area contributed by atoms with E-state index in [1.807, 2.05) is 43.3 Å². The summed E-state index contributed by atoms with van der Waals surface area (Å²) in [5, 5.41) is 28.9. The average Bonchev–Trinajstić information content (AvgIpc) is 1.39. The van der Waals surface area contributed by atoms with Gasteiger partial charge in [-0.2, -0.15) is 0 Å². The Hall–Kier alpha value is -7.98. The number of amides is 6. The van der Waals surface area contributed by atoms with Gasteiger partial charge >= 0.3 is 0 Å². The third-order valence-electron chi connectivity index (χ3n) is 20.9. The zero-order valence-electron chi connectivity index (χ0n) is 57.6. The zero-order chi connectivity index (χ0) is 70.0. The number of fused-ring (bicyclic) bond motifs is 1. The molecule has 0 radical (unpaired) electrons. The second-order valence-corrected chi connectivity index (χ2v) is 31.1. The van der Waals surface area contributed by atoms with E-state index in [4.69, 9.17) is 4.74 Å². The number of aliphatic hydroxyl groups is 1. The molecule has 6 amide bonds. The molecule has 0 bridgehead atoms. The van der Waals surface area contributed by atoms with Crippen LogP contribution in [0.3, 0.4) is 0 Å². The lowest BCUT2D eigenvalue weighted by atomic mass is 9.82. The van der Waals surface area contributed by atoms with Crippen LogP contribution in [0.2, 0.25) is 0 Å². The number of aliphatic hydroxyl groups excluding tert-OH is 1. The van der Waals surface area contributed by atoms with Crippen molar-refractivity contribution in [2.24, 2.45) is 22.7 Å². The van der Waals surface area contributed by atoms with Gasteiger partial charge in [-0.1, -0.05) is 71.0 Å². The van der Waals surface area contributed by atoms with Gasteiger partial charge in [0.1, 0.15) is 47.4 Å². The fraction of sp³-hybridized carbons (Fsp3) is 0.569. The number of β-amino-alcohol motifs (C(OH)–C–C–N with tert-alkyl or cyclic N) is 1. The maximum Gasteiger partial charge on any atom is 0.258 e. The average molecular weight is 1390 g/mol. The van der Waals surface area contributed by atoms with Gasteiger partial charge in [-0.05, 0) is 110 Å². The smallest absolute Gasteiger partial charge is 0.258 e. The highest BCUT2D eigenvalue weighted by atomic mass is 32.1. The number of thiazole rings is 1. The van der Waals surface area contributed by atoms with Crippen LogP contribution in [0.15, 0.2) is 72.5 Å². The summed E-state index contributed by atoms with van der Waals surface area (Å²) in [7, 11) is 0. The number of aryl methyl sites for hydroxylation is 1. The lowest BCUT2D eigenvalue weighted by molar-refractivity contribution is -0.145. The van der Waals surface area contributed by atoms with Gasteiger partial charge < -0.3 is 61.3 Å². The topological polar surface area (TPSA) is 262 Å². The monoisotopic (exact) mass is 1390 g/mol. The van der Waals surface area contributed by atoms with Gasteiger partial charge in [0, 0.05) is 121 Å². The number of anilines is 3. The predicted octanol–water partition coefficient (Wildman–Crippen LogP) is 5.68. The van der Waals surface area contributed by atoms with Gasteiger partial charge in [0.25, 0.3) is 11.8 Å². The van der Waals surface area contributed by atoms with Crippen molar-refractivity contribution in [3.8, 4) is 16.2 Å². The fourth-order valence-electron chi connectivity index (χ4n) is 14.8. The number of alkyl halides is 1. The minimum Gasteiger partial charge on any atom is -0.483 e. The lowest BCUT2D eigenvalue weighted by Crippen LogP contribution is -2.66. The zero-order valence-corrected chi connectivity index (χ0v) is 58.4. The van der Waals surface area contributed by atoms with Gasteiger partial charge in [0.05, 0.1) is 46.5 Å². The number of carbonyl (C=O) groups excluding carboxylic acids is 6. The van der Waals surface area contributed by atoms with Crippen LogP contribution in [0.25, 0.3) is 10.4 Å². The number of likely N-dealkylation sites (tertiary alicyclic amines) is 4. The van der Waals surface area contributed by atoms with Crippen molar-refractivity contribution in [1.82, 2.24) is 61.1 Å². The van der Waals surface area contributed by atoms with Crippen molar-refractivity contribution in [3.63, 3.8) is 0 Å². The fourth-order valence-corrected chi connectivity index (χ4v) is 15.6. The van der Waals surface area contributed by atoms with Gasteiger partial charge in [0.2, 0.25) is 23.6 Å². The molecule has 1 saturated carbocycles. The largest absolute Gasteiger partial charge is 0.483 e. The van der Waals surface area contributed by atoms with Crippen molar-refractivity contribution in [1.29, 1.82) is 0 Å². The van der Waals surface area contributed by atoms with E-state index in [1.165, 1.54) is 34.7 Å². The summed E-state index contributed by atoms with van der Waals surface area (Å²) in [6.45, 7) is 20.2. The number of nitrogens with zero attached hydrogens (tertiary/aromatic N) is 9. The molecule has 27 heteroatoms. The van der Waals surface area contributed by atoms with Crippen LogP contribution in [-0.2, 0) is 54.9 Å². The molecule has 12 rings (SSSR count). The van der Waals surface area contributed by atoms with Gasteiger partial charge in [-0.15, -0.1) is 11.3 Å².